The molecular formula is C12H15F3NO3P. The Hall–Kier alpha value is -1.01. The fraction of sp³-hybridized carbons (Fsp3) is 0.500. The van der Waals surface area contributed by atoms with Gasteiger partial charge in [0.05, 0.1) is 24.3 Å². The van der Waals surface area contributed by atoms with Crippen LogP contribution in [-0.4, -0.2) is 23.9 Å². The summed E-state index contributed by atoms with van der Waals surface area (Å²) in [6.45, 7) is -0.474. The van der Waals surface area contributed by atoms with Crippen molar-refractivity contribution in [2.45, 2.75) is 24.6 Å². The number of aliphatic hydroxyl groups excluding tert-OH is 1. The molecule has 0 spiro atoms. The third kappa shape index (κ3) is 5.17. The quantitative estimate of drug-likeness (QED) is 0.759. The zero-order chi connectivity index (χ0) is 15.2. The summed E-state index contributed by atoms with van der Waals surface area (Å²) in [4.78, 5) is 0. The molecule has 4 nitrogen and oxygen atoms in total. The molecular weight excluding hydrogens is 294 g/mol. The molecule has 1 aromatic carbocycles. The monoisotopic (exact) mass is 309 g/mol. The maximum absolute atomic E-state index is 12.4. The molecule has 0 saturated heterocycles. The SMILES string of the molecule is NC(CO)(CCc1ccc(C(F)(F)F)cc1)COP=O. The van der Waals surface area contributed by atoms with Gasteiger partial charge in [0, 0.05) is 0 Å². The van der Waals surface area contributed by atoms with Crippen molar-refractivity contribution in [3.05, 3.63) is 35.4 Å². The third-order valence-electron chi connectivity index (χ3n) is 2.91. The van der Waals surface area contributed by atoms with Gasteiger partial charge in [0.2, 0.25) is 0 Å². The predicted octanol–water partition coefficient (Wildman–Crippen LogP) is 2.55. The Balaban J connectivity index is 2.62. The molecule has 0 saturated carbocycles. The van der Waals surface area contributed by atoms with Crippen LogP contribution in [-0.2, 0) is 21.7 Å². The van der Waals surface area contributed by atoms with Gasteiger partial charge in [-0.25, -0.2) is 4.57 Å². The van der Waals surface area contributed by atoms with Crippen molar-refractivity contribution in [3.63, 3.8) is 0 Å². The number of benzene rings is 1. The third-order valence-corrected chi connectivity index (χ3v) is 3.15. The Bertz CT molecular complexity index is 439. The Morgan fingerprint density at radius 2 is 1.85 bits per heavy atom. The first-order valence-electron chi connectivity index (χ1n) is 5.81. The molecule has 1 aromatic rings. The second-order valence-electron chi connectivity index (χ2n) is 4.56. The molecule has 0 bridgehead atoms. The van der Waals surface area contributed by atoms with Crippen molar-refractivity contribution < 1.29 is 27.4 Å². The first-order chi connectivity index (χ1) is 9.30. The smallest absolute Gasteiger partial charge is 0.394 e. The largest absolute Gasteiger partial charge is 0.416 e. The fourth-order valence-corrected chi connectivity index (χ4v) is 1.92. The van der Waals surface area contributed by atoms with Crippen LogP contribution in [0.2, 0.25) is 0 Å². The van der Waals surface area contributed by atoms with E-state index in [1.807, 2.05) is 0 Å². The summed E-state index contributed by atoms with van der Waals surface area (Å²) in [5.74, 6) is 0. The zero-order valence-corrected chi connectivity index (χ0v) is 11.5. The van der Waals surface area contributed by atoms with E-state index < -0.39 is 26.0 Å². The highest BCUT2D eigenvalue weighted by Gasteiger charge is 2.30. The second-order valence-corrected chi connectivity index (χ2v) is 4.97. The molecule has 1 rings (SSSR count). The molecule has 20 heavy (non-hydrogen) atoms. The predicted molar refractivity (Wildman–Crippen MR) is 67.3 cm³/mol. The number of nitrogens with two attached hydrogens (primary N) is 1. The van der Waals surface area contributed by atoms with Crippen molar-refractivity contribution >= 4 is 8.69 Å². The number of halogens is 3. The minimum Gasteiger partial charge on any atom is -0.394 e. The molecule has 1 atom stereocenters. The lowest BCUT2D eigenvalue weighted by Gasteiger charge is -2.25. The van der Waals surface area contributed by atoms with Gasteiger partial charge in [-0.1, -0.05) is 12.1 Å². The Morgan fingerprint density at radius 3 is 2.30 bits per heavy atom. The van der Waals surface area contributed by atoms with E-state index in [1.165, 1.54) is 12.1 Å². The molecule has 0 aliphatic rings. The van der Waals surface area contributed by atoms with E-state index >= 15 is 0 Å². The van der Waals surface area contributed by atoms with Crippen LogP contribution >= 0.6 is 8.69 Å². The average molecular weight is 309 g/mol. The van der Waals surface area contributed by atoms with Gasteiger partial charge in [0.15, 0.2) is 0 Å². The lowest BCUT2D eigenvalue weighted by atomic mass is 9.93. The first kappa shape index (κ1) is 17.0. The van der Waals surface area contributed by atoms with Crippen LogP contribution in [0.4, 0.5) is 13.2 Å². The molecule has 112 valence electrons. The molecule has 0 aromatic heterocycles. The van der Waals surface area contributed by atoms with Gasteiger partial charge in [-0.3, -0.25) is 4.52 Å². The van der Waals surface area contributed by atoms with Crippen LogP contribution in [0.5, 0.6) is 0 Å². The van der Waals surface area contributed by atoms with E-state index in [4.69, 9.17) is 5.73 Å². The minimum atomic E-state index is -4.36. The van der Waals surface area contributed by atoms with Crippen LogP contribution in [0.1, 0.15) is 17.5 Å². The highest BCUT2D eigenvalue weighted by atomic mass is 31.1. The van der Waals surface area contributed by atoms with Gasteiger partial charge < -0.3 is 10.8 Å². The van der Waals surface area contributed by atoms with Crippen molar-refractivity contribution in [2.75, 3.05) is 13.2 Å². The molecule has 0 amide bonds. The lowest BCUT2D eigenvalue weighted by molar-refractivity contribution is -0.137. The van der Waals surface area contributed by atoms with Crippen LogP contribution in [0.25, 0.3) is 0 Å². The summed E-state index contributed by atoms with van der Waals surface area (Å²) in [5.41, 5.74) is 4.72. The Morgan fingerprint density at radius 1 is 1.25 bits per heavy atom. The van der Waals surface area contributed by atoms with Gasteiger partial charge in [-0.05, 0) is 30.5 Å². The van der Waals surface area contributed by atoms with E-state index in [1.54, 1.807) is 0 Å². The summed E-state index contributed by atoms with van der Waals surface area (Å²) in [7, 11) is -0.532. The van der Waals surface area contributed by atoms with Gasteiger partial charge in [0.25, 0.3) is 0 Å². The molecule has 0 aliphatic heterocycles. The van der Waals surface area contributed by atoms with Crippen molar-refractivity contribution in [2.24, 2.45) is 5.73 Å². The topological polar surface area (TPSA) is 72.6 Å². The molecule has 1 unspecified atom stereocenters. The van der Waals surface area contributed by atoms with Gasteiger partial charge in [-0.2, -0.15) is 13.2 Å². The van der Waals surface area contributed by atoms with Gasteiger partial charge in [-0.15, -0.1) is 0 Å². The van der Waals surface area contributed by atoms with E-state index in [-0.39, 0.29) is 13.2 Å². The molecule has 0 heterocycles. The van der Waals surface area contributed by atoms with E-state index in [9.17, 15) is 22.8 Å². The maximum atomic E-state index is 12.4. The van der Waals surface area contributed by atoms with Crippen molar-refractivity contribution in [1.82, 2.24) is 0 Å². The molecule has 3 N–H and O–H groups in total. The highest BCUT2D eigenvalue weighted by Crippen LogP contribution is 2.29. The number of hydrogen-bond donors (Lipinski definition) is 2. The van der Waals surface area contributed by atoms with Crippen LogP contribution in [0.3, 0.4) is 0 Å². The number of aliphatic hydroxyl groups is 1. The standard InChI is InChI=1S/C12H15F3NO3P/c13-12(14,15)10-3-1-9(2-4-10)5-6-11(16,7-17)8-19-20-18/h1-4,17H,5-8,16H2. The molecule has 8 heteroatoms. The van der Waals surface area contributed by atoms with Gasteiger partial charge in [0.1, 0.15) is 0 Å². The van der Waals surface area contributed by atoms with Crippen molar-refractivity contribution in [3.8, 4) is 0 Å². The van der Waals surface area contributed by atoms with E-state index in [0.717, 1.165) is 12.1 Å². The summed E-state index contributed by atoms with van der Waals surface area (Å²) >= 11 is 0. The highest BCUT2D eigenvalue weighted by molar-refractivity contribution is 7.17. The maximum Gasteiger partial charge on any atom is 0.416 e. The van der Waals surface area contributed by atoms with E-state index in [2.05, 4.69) is 4.52 Å². The fourth-order valence-electron chi connectivity index (χ4n) is 1.61. The molecule has 0 radical (unpaired) electrons. The van der Waals surface area contributed by atoms with Crippen molar-refractivity contribution in [1.29, 1.82) is 0 Å². The number of rotatable bonds is 7. The summed E-state index contributed by atoms with van der Waals surface area (Å²) in [5, 5.41) is 9.18. The lowest BCUT2D eigenvalue weighted by Crippen LogP contribution is -2.47. The van der Waals surface area contributed by atoms with E-state index in [0.29, 0.717) is 18.4 Å². The molecule has 0 aliphatic carbocycles. The normalized spacial score (nSPS) is 15.2. The number of alkyl halides is 3. The number of hydrogen-bond acceptors (Lipinski definition) is 4. The number of aryl methyl sites for hydroxylation is 1. The second kappa shape index (κ2) is 7.13. The summed E-state index contributed by atoms with van der Waals surface area (Å²) in [6, 6.07) is 4.74. The Kier molecular flexibility index (Phi) is 6.07. The average Bonchev–Trinajstić information content (AvgIpc) is 2.42. The van der Waals surface area contributed by atoms with Crippen LogP contribution in [0.15, 0.2) is 24.3 Å². The van der Waals surface area contributed by atoms with Crippen LogP contribution in [0, 0.1) is 0 Å². The Labute approximate surface area is 116 Å². The summed E-state index contributed by atoms with van der Waals surface area (Å²) in [6.07, 6.45) is -3.68. The first-order valence-corrected chi connectivity index (χ1v) is 6.54. The molecule has 0 fully saturated rings. The minimum absolute atomic E-state index is 0.102. The van der Waals surface area contributed by atoms with Crippen LogP contribution < -0.4 is 5.73 Å². The summed E-state index contributed by atoms with van der Waals surface area (Å²) < 4.78 is 52.0. The van der Waals surface area contributed by atoms with Gasteiger partial charge >= 0.3 is 14.9 Å². The zero-order valence-electron chi connectivity index (χ0n) is 10.6.